The van der Waals surface area contributed by atoms with Crippen molar-refractivity contribution in [1.82, 2.24) is 10.2 Å². The minimum Gasteiger partial charge on any atom is -0.493 e. The molecule has 1 fully saturated rings. The van der Waals surface area contributed by atoms with Crippen molar-refractivity contribution in [1.29, 1.82) is 0 Å². The Balaban J connectivity index is 1.70. The number of hydrogen-bond donors (Lipinski definition) is 1. The van der Waals surface area contributed by atoms with Gasteiger partial charge in [0.15, 0.2) is 11.5 Å². The van der Waals surface area contributed by atoms with Gasteiger partial charge >= 0.3 is 0 Å². The van der Waals surface area contributed by atoms with Gasteiger partial charge in [0.1, 0.15) is 12.6 Å². The highest BCUT2D eigenvalue weighted by Gasteiger charge is 2.33. The Morgan fingerprint density at radius 2 is 1.57 bits per heavy atom. The van der Waals surface area contributed by atoms with Gasteiger partial charge in [-0.2, -0.15) is 0 Å². The SMILES string of the molecule is COc1ccc(S(=O)(=O)N(CC(=O)N(Cc2cccc(C)c2)[C@@H](C)C(=O)NC2CCCCC2)c2ccc(C)cc2)cc1OC. The van der Waals surface area contributed by atoms with E-state index in [2.05, 4.69) is 5.32 Å². The number of hydrogen-bond acceptors (Lipinski definition) is 6. The van der Waals surface area contributed by atoms with Crippen molar-refractivity contribution in [2.75, 3.05) is 25.1 Å². The lowest BCUT2D eigenvalue weighted by Gasteiger charge is -2.33. The van der Waals surface area contributed by atoms with Gasteiger partial charge in [-0.1, -0.05) is 66.8 Å². The number of rotatable bonds is 12. The van der Waals surface area contributed by atoms with E-state index < -0.39 is 28.5 Å². The average Bonchev–Trinajstić information content (AvgIpc) is 3.02. The third-order valence-corrected chi connectivity index (χ3v) is 9.87. The standard InChI is InChI=1S/C34H43N3O6S/c1-24-14-16-29(17-15-24)37(44(40,41)30-18-19-31(42-4)32(21-30)43-5)23-33(38)36(22-27-11-9-10-25(2)20-27)26(3)34(39)35-28-12-7-6-8-13-28/h9-11,14-21,26,28H,6-8,12-13,22-23H2,1-5H3,(H,35,39)/t26-/m0/s1. The van der Waals surface area contributed by atoms with Crippen molar-refractivity contribution < 1.29 is 27.5 Å². The summed E-state index contributed by atoms with van der Waals surface area (Å²) >= 11 is 0. The molecule has 1 N–H and O–H groups in total. The summed E-state index contributed by atoms with van der Waals surface area (Å²) in [6.07, 6.45) is 5.10. The van der Waals surface area contributed by atoms with Crippen LogP contribution in [0.2, 0.25) is 0 Å². The first-order valence-corrected chi connectivity index (χ1v) is 16.4. The molecule has 0 aromatic heterocycles. The van der Waals surface area contributed by atoms with Crippen molar-refractivity contribution in [2.45, 2.75) is 76.4 Å². The summed E-state index contributed by atoms with van der Waals surface area (Å²) in [5.74, 6) is -0.116. The number of nitrogens with zero attached hydrogens (tertiary/aromatic N) is 2. The fraction of sp³-hybridized carbons (Fsp3) is 0.412. The quantitative estimate of drug-likeness (QED) is 0.291. The Morgan fingerprint density at radius 1 is 0.886 bits per heavy atom. The second-order valence-electron chi connectivity index (χ2n) is 11.4. The number of anilines is 1. The predicted molar refractivity (Wildman–Crippen MR) is 171 cm³/mol. The van der Waals surface area contributed by atoms with Gasteiger partial charge in [-0.05, 0) is 63.4 Å². The molecule has 0 unspecified atom stereocenters. The average molecular weight is 622 g/mol. The molecule has 4 rings (SSSR count). The summed E-state index contributed by atoms with van der Waals surface area (Å²) in [6.45, 7) is 5.21. The van der Waals surface area contributed by atoms with Crippen LogP contribution in [0.25, 0.3) is 0 Å². The van der Waals surface area contributed by atoms with Crippen molar-refractivity contribution in [3.8, 4) is 11.5 Å². The van der Waals surface area contributed by atoms with Crippen LogP contribution < -0.4 is 19.1 Å². The van der Waals surface area contributed by atoms with Crippen LogP contribution in [-0.2, 0) is 26.2 Å². The molecule has 0 aliphatic heterocycles. The number of methoxy groups -OCH3 is 2. The van der Waals surface area contributed by atoms with Gasteiger partial charge in [0.05, 0.1) is 24.8 Å². The van der Waals surface area contributed by atoms with Crippen LogP contribution in [0, 0.1) is 13.8 Å². The molecular formula is C34H43N3O6S. The van der Waals surface area contributed by atoms with Crippen molar-refractivity contribution in [3.05, 3.63) is 83.4 Å². The smallest absolute Gasteiger partial charge is 0.264 e. The van der Waals surface area contributed by atoms with Crippen molar-refractivity contribution in [3.63, 3.8) is 0 Å². The molecule has 236 valence electrons. The Kier molecular flexibility index (Phi) is 10.9. The predicted octanol–water partition coefficient (Wildman–Crippen LogP) is 5.38. The molecule has 0 saturated heterocycles. The van der Waals surface area contributed by atoms with Crippen molar-refractivity contribution >= 4 is 27.5 Å². The Hall–Kier alpha value is -4.05. The Morgan fingerprint density at radius 3 is 2.20 bits per heavy atom. The monoisotopic (exact) mass is 621 g/mol. The first-order valence-electron chi connectivity index (χ1n) is 15.0. The Labute approximate surface area is 261 Å². The van der Waals surface area contributed by atoms with E-state index in [1.54, 1.807) is 31.2 Å². The number of nitrogens with one attached hydrogen (secondary N) is 1. The lowest BCUT2D eigenvalue weighted by Crippen LogP contribution is -2.53. The molecule has 0 spiro atoms. The molecule has 9 nitrogen and oxygen atoms in total. The van der Waals surface area contributed by atoms with Crippen LogP contribution in [0.15, 0.2) is 71.6 Å². The van der Waals surface area contributed by atoms with E-state index in [4.69, 9.17) is 9.47 Å². The summed E-state index contributed by atoms with van der Waals surface area (Å²) < 4.78 is 40.1. The normalized spacial score (nSPS) is 14.4. The fourth-order valence-corrected chi connectivity index (χ4v) is 6.93. The lowest BCUT2D eigenvalue weighted by molar-refractivity contribution is -0.139. The fourth-order valence-electron chi connectivity index (χ4n) is 5.50. The second kappa shape index (κ2) is 14.6. The summed E-state index contributed by atoms with van der Waals surface area (Å²) in [5.41, 5.74) is 3.14. The number of aryl methyl sites for hydroxylation is 2. The van der Waals surface area contributed by atoms with Gasteiger partial charge in [0.2, 0.25) is 11.8 Å². The number of carbonyl (C=O) groups excluding carboxylic acids is 2. The van der Waals surface area contributed by atoms with E-state index in [0.717, 1.165) is 53.1 Å². The summed E-state index contributed by atoms with van der Waals surface area (Å²) in [7, 11) is -1.35. The zero-order valence-corrected chi connectivity index (χ0v) is 27.0. The molecule has 10 heteroatoms. The van der Waals surface area contributed by atoms with Crippen LogP contribution in [0.4, 0.5) is 5.69 Å². The van der Waals surface area contributed by atoms with Gasteiger partial charge in [-0.3, -0.25) is 13.9 Å². The molecule has 44 heavy (non-hydrogen) atoms. The third kappa shape index (κ3) is 7.91. The highest BCUT2D eigenvalue weighted by atomic mass is 32.2. The van der Waals surface area contributed by atoms with Gasteiger partial charge < -0.3 is 19.7 Å². The topological polar surface area (TPSA) is 105 Å². The minimum atomic E-state index is -4.25. The highest BCUT2D eigenvalue weighted by Crippen LogP contribution is 2.32. The molecular weight excluding hydrogens is 578 g/mol. The molecule has 0 heterocycles. The summed E-state index contributed by atoms with van der Waals surface area (Å²) in [4.78, 5) is 29.1. The number of sulfonamides is 1. The van der Waals surface area contributed by atoms with E-state index >= 15 is 0 Å². The maximum Gasteiger partial charge on any atom is 0.264 e. The Bertz CT molecular complexity index is 1550. The zero-order valence-electron chi connectivity index (χ0n) is 26.2. The number of benzene rings is 3. The lowest BCUT2D eigenvalue weighted by atomic mass is 9.95. The summed E-state index contributed by atoms with van der Waals surface area (Å²) in [6, 6.07) is 18.2. The van der Waals surface area contributed by atoms with Crippen LogP contribution in [0.5, 0.6) is 11.5 Å². The molecule has 2 amide bonds. The van der Waals surface area contributed by atoms with Gasteiger partial charge in [-0.25, -0.2) is 8.42 Å². The molecule has 1 aliphatic rings. The van der Waals surface area contributed by atoms with E-state index in [-0.39, 0.29) is 29.1 Å². The van der Waals surface area contributed by atoms with Gasteiger partial charge in [0.25, 0.3) is 10.0 Å². The zero-order chi connectivity index (χ0) is 31.9. The molecule has 1 atom stereocenters. The van der Waals surface area contributed by atoms with Crippen LogP contribution >= 0.6 is 0 Å². The van der Waals surface area contributed by atoms with E-state index in [0.29, 0.717) is 11.4 Å². The molecule has 3 aromatic rings. The largest absolute Gasteiger partial charge is 0.493 e. The number of ether oxygens (including phenoxy) is 2. The van der Waals surface area contributed by atoms with Gasteiger partial charge in [-0.15, -0.1) is 0 Å². The maximum absolute atomic E-state index is 14.2. The van der Waals surface area contributed by atoms with E-state index in [9.17, 15) is 18.0 Å². The molecule has 1 saturated carbocycles. The van der Waals surface area contributed by atoms with Gasteiger partial charge in [0, 0.05) is 18.7 Å². The first kappa shape index (κ1) is 32.9. The van der Waals surface area contributed by atoms with Crippen molar-refractivity contribution in [2.24, 2.45) is 0 Å². The van der Waals surface area contributed by atoms with E-state index in [1.807, 2.05) is 38.1 Å². The molecule has 0 bridgehead atoms. The maximum atomic E-state index is 14.2. The highest BCUT2D eigenvalue weighted by molar-refractivity contribution is 7.92. The summed E-state index contributed by atoms with van der Waals surface area (Å²) in [5, 5.41) is 3.13. The third-order valence-electron chi connectivity index (χ3n) is 8.10. The molecule has 1 aliphatic carbocycles. The molecule has 0 radical (unpaired) electrons. The molecule has 3 aromatic carbocycles. The minimum absolute atomic E-state index is 0.0585. The number of carbonyl (C=O) groups is 2. The van der Waals surface area contributed by atoms with Crippen LogP contribution in [0.3, 0.4) is 0 Å². The first-order chi connectivity index (χ1) is 21.0. The van der Waals surface area contributed by atoms with E-state index in [1.165, 1.54) is 37.3 Å². The van der Waals surface area contributed by atoms with Crippen LogP contribution in [0.1, 0.15) is 55.7 Å². The number of amides is 2. The van der Waals surface area contributed by atoms with Crippen LogP contribution in [-0.4, -0.2) is 58.0 Å². The second-order valence-corrected chi connectivity index (χ2v) is 13.3.